The minimum absolute atomic E-state index is 0.0136. The van der Waals surface area contributed by atoms with Gasteiger partial charge in [0.05, 0.1) is 22.3 Å². The number of nitriles is 1. The second-order valence-corrected chi connectivity index (χ2v) is 9.02. The van der Waals surface area contributed by atoms with E-state index in [9.17, 15) is 9.59 Å². The van der Waals surface area contributed by atoms with Gasteiger partial charge in [0.25, 0.3) is 5.91 Å². The van der Waals surface area contributed by atoms with Crippen LogP contribution in [0.5, 0.6) is 0 Å². The molecule has 2 heterocycles. The summed E-state index contributed by atoms with van der Waals surface area (Å²) in [5.41, 5.74) is 2.19. The van der Waals surface area contributed by atoms with E-state index in [1.165, 1.54) is 6.42 Å². The van der Waals surface area contributed by atoms with E-state index in [1.807, 2.05) is 4.90 Å². The summed E-state index contributed by atoms with van der Waals surface area (Å²) in [6.45, 7) is 2.05. The lowest BCUT2D eigenvalue weighted by molar-refractivity contribution is -0.127. The summed E-state index contributed by atoms with van der Waals surface area (Å²) >= 11 is 1.65. The smallest absolute Gasteiger partial charge is 0.253 e. The van der Waals surface area contributed by atoms with Crippen LogP contribution < -0.4 is 5.32 Å². The largest absolute Gasteiger partial charge is 0.355 e. The maximum Gasteiger partial charge on any atom is 0.253 e. The number of nitrogens with zero attached hydrogens (tertiary/aromatic N) is 3. The fourth-order valence-corrected chi connectivity index (χ4v) is 4.97. The quantitative estimate of drug-likeness (QED) is 0.772. The van der Waals surface area contributed by atoms with Crippen molar-refractivity contribution in [1.82, 2.24) is 15.2 Å². The molecule has 1 saturated carbocycles. The van der Waals surface area contributed by atoms with Gasteiger partial charge in [-0.05, 0) is 49.9 Å². The van der Waals surface area contributed by atoms with Crippen molar-refractivity contribution in [3.8, 4) is 6.07 Å². The van der Waals surface area contributed by atoms with Crippen molar-refractivity contribution in [2.24, 2.45) is 5.92 Å². The maximum absolute atomic E-state index is 12.9. The van der Waals surface area contributed by atoms with Crippen LogP contribution in [-0.2, 0) is 11.2 Å². The number of rotatable bonds is 6. The molecule has 1 aliphatic carbocycles. The lowest BCUT2D eigenvalue weighted by atomic mass is 9.85. The molecule has 1 unspecified atom stereocenters. The Kier molecular flexibility index (Phi) is 6.44. The Morgan fingerprint density at radius 1 is 1.20 bits per heavy atom. The normalized spacial score (nSPS) is 19.0. The van der Waals surface area contributed by atoms with E-state index < -0.39 is 0 Å². The average Bonchev–Trinajstić information content (AvgIpc) is 3.21. The molecule has 156 valence electrons. The number of piperidine rings is 1. The summed E-state index contributed by atoms with van der Waals surface area (Å²) in [5.74, 6) is 0.669. The van der Waals surface area contributed by atoms with E-state index in [2.05, 4.69) is 16.8 Å². The van der Waals surface area contributed by atoms with Crippen LogP contribution >= 0.6 is 11.3 Å². The first-order valence-corrected chi connectivity index (χ1v) is 11.5. The van der Waals surface area contributed by atoms with Crippen LogP contribution in [-0.4, -0.2) is 41.3 Å². The van der Waals surface area contributed by atoms with Gasteiger partial charge < -0.3 is 10.2 Å². The highest BCUT2D eigenvalue weighted by Gasteiger charge is 2.28. The number of nitrogens with one attached hydrogen (secondary N) is 1. The molecule has 1 atom stereocenters. The molecule has 6 nitrogen and oxygen atoms in total. The molecule has 2 fully saturated rings. The highest BCUT2D eigenvalue weighted by atomic mass is 32.1. The monoisotopic (exact) mass is 422 g/mol. The second-order valence-electron chi connectivity index (χ2n) is 8.13. The number of likely N-dealkylation sites (tertiary alicyclic amines) is 1. The first-order valence-electron chi connectivity index (χ1n) is 10.7. The fraction of sp³-hybridized carbons (Fsp3) is 0.478. The molecule has 7 heteroatoms. The molecular weight excluding hydrogens is 396 g/mol. The second kappa shape index (κ2) is 9.40. The zero-order valence-electron chi connectivity index (χ0n) is 17.0. The van der Waals surface area contributed by atoms with Gasteiger partial charge in [0.1, 0.15) is 0 Å². The number of carbonyl (C=O) groups excluding carboxylic acids is 2. The molecule has 1 aliphatic heterocycles. The zero-order chi connectivity index (χ0) is 20.9. The van der Waals surface area contributed by atoms with Crippen molar-refractivity contribution in [1.29, 1.82) is 5.26 Å². The van der Waals surface area contributed by atoms with Gasteiger partial charge in [-0.15, -0.1) is 11.3 Å². The number of amides is 2. The van der Waals surface area contributed by atoms with Crippen molar-refractivity contribution >= 4 is 23.2 Å². The Bertz CT molecular complexity index is 943. The topological polar surface area (TPSA) is 86.1 Å². The van der Waals surface area contributed by atoms with Crippen LogP contribution in [0.2, 0.25) is 0 Å². The maximum atomic E-state index is 12.9. The standard InChI is InChI=1S/C23H26N4O2S/c24-13-16-6-8-18(9-7-16)23(29)27-12-2-5-19(14-27)22-26-20(15-30-22)10-11-25-21(28)17-3-1-4-17/h6-9,15,17,19H,1-5,10-12,14H2,(H,25,28). The summed E-state index contributed by atoms with van der Waals surface area (Å²) in [4.78, 5) is 31.5. The van der Waals surface area contributed by atoms with E-state index in [-0.39, 0.29) is 23.7 Å². The van der Waals surface area contributed by atoms with E-state index in [1.54, 1.807) is 35.6 Å². The summed E-state index contributed by atoms with van der Waals surface area (Å²) in [5, 5.41) is 15.1. The van der Waals surface area contributed by atoms with Gasteiger partial charge in [-0.2, -0.15) is 5.26 Å². The molecule has 30 heavy (non-hydrogen) atoms. The Hall–Kier alpha value is -2.72. The molecule has 0 bridgehead atoms. The number of thiazole rings is 1. The van der Waals surface area contributed by atoms with Crippen molar-refractivity contribution in [2.45, 2.75) is 44.4 Å². The molecule has 1 saturated heterocycles. The lowest BCUT2D eigenvalue weighted by Crippen LogP contribution is -2.39. The Morgan fingerprint density at radius 3 is 2.70 bits per heavy atom. The van der Waals surface area contributed by atoms with E-state index >= 15 is 0 Å². The van der Waals surface area contributed by atoms with Crippen LogP contribution in [0, 0.1) is 17.2 Å². The van der Waals surface area contributed by atoms with Gasteiger partial charge in [0, 0.05) is 48.8 Å². The summed E-state index contributed by atoms with van der Waals surface area (Å²) in [6.07, 6.45) is 5.94. The summed E-state index contributed by atoms with van der Waals surface area (Å²) in [7, 11) is 0. The van der Waals surface area contributed by atoms with Crippen molar-refractivity contribution < 1.29 is 9.59 Å². The minimum Gasteiger partial charge on any atom is -0.355 e. The Morgan fingerprint density at radius 2 is 2.00 bits per heavy atom. The van der Waals surface area contributed by atoms with E-state index in [0.717, 1.165) is 49.4 Å². The molecular formula is C23H26N4O2S. The molecule has 2 aromatic rings. The Balaban J connectivity index is 1.31. The molecule has 0 radical (unpaired) electrons. The first-order chi connectivity index (χ1) is 14.6. The van der Waals surface area contributed by atoms with E-state index in [4.69, 9.17) is 10.2 Å². The molecule has 2 aliphatic rings. The summed E-state index contributed by atoms with van der Waals surface area (Å²) in [6, 6.07) is 8.90. The molecule has 2 amide bonds. The third kappa shape index (κ3) is 4.71. The third-order valence-corrected chi connectivity index (χ3v) is 7.10. The van der Waals surface area contributed by atoms with Gasteiger partial charge >= 0.3 is 0 Å². The SMILES string of the molecule is N#Cc1ccc(C(=O)N2CCCC(c3nc(CCNC(=O)C4CCC4)cs3)C2)cc1. The van der Waals surface area contributed by atoms with Gasteiger partial charge in [-0.1, -0.05) is 6.42 Å². The van der Waals surface area contributed by atoms with Crippen molar-refractivity contribution in [2.75, 3.05) is 19.6 Å². The Labute approximate surface area is 180 Å². The van der Waals surface area contributed by atoms with Gasteiger partial charge in [0.2, 0.25) is 5.91 Å². The number of carbonyl (C=O) groups is 2. The highest BCUT2D eigenvalue weighted by molar-refractivity contribution is 7.09. The minimum atomic E-state index is 0.0136. The number of hydrogen-bond donors (Lipinski definition) is 1. The van der Waals surface area contributed by atoms with E-state index in [0.29, 0.717) is 24.2 Å². The van der Waals surface area contributed by atoms with Crippen molar-refractivity contribution in [3.63, 3.8) is 0 Å². The van der Waals surface area contributed by atoms with Gasteiger partial charge in [0.15, 0.2) is 0 Å². The number of benzene rings is 1. The van der Waals surface area contributed by atoms with Crippen LogP contribution in [0.3, 0.4) is 0 Å². The molecule has 1 N–H and O–H groups in total. The van der Waals surface area contributed by atoms with Crippen LogP contribution in [0.4, 0.5) is 0 Å². The highest BCUT2D eigenvalue weighted by Crippen LogP contribution is 2.30. The van der Waals surface area contributed by atoms with Crippen LogP contribution in [0.1, 0.15) is 64.6 Å². The summed E-state index contributed by atoms with van der Waals surface area (Å²) < 4.78 is 0. The third-order valence-electron chi connectivity index (χ3n) is 6.04. The van der Waals surface area contributed by atoms with Crippen molar-refractivity contribution in [3.05, 3.63) is 51.5 Å². The first kappa shape index (κ1) is 20.5. The predicted molar refractivity (Wildman–Crippen MR) is 115 cm³/mol. The predicted octanol–water partition coefficient (Wildman–Crippen LogP) is 3.49. The molecule has 4 rings (SSSR count). The fourth-order valence-electron chi connectivity index (χ4n) is 3.99. The van der Waals surface area contributed by atoms with Gasteiger partial charge in [-0.25, -0.2) is 4.98 Å². The average molecular weight is 423 g/mol. The molecule has 1 aromatic carbocycles. The molecule has 1 aromatic heterocycles. The number of aromatic nitrogens is 1. The lowest BCUT2D eigenvalue weighted by Gasteiger charge is -2.32. The van der Waals surface area contributed by atoms with Gasteiger partial charge in [-0.3, -0.25) is 9.59 Å². The molecule has 0 spiro atoms. The zero-order valence-corrected chi connectivity index (χ0v) is 17.8. The van der Waals surface area contributed by atoms with Crippen LogP contribution in [0.25, 0.3) is 0 Å². The van der Waals surface area contributed by atoms with Crippen LogP contribution in [0.15, 0.2) is 29.6 Å². The number of hydrogen-bond acceptors (Lipinski definition) is 5.